The number of anilines is 1. The predicted octanol–water partition coefficient (Wildman–Crippen LogP) is -1.07. The molecular formula is C23H30N8O9S2. The quantitative estimate of drug-likeness (QED) is 0.0433. The molecule has 0 bridgehead atoms. The summed E-state index contributed by atoms with van der Waals surface area (Å²) in [6.07, 6.45) is -1.33. The number of carboxylic acids is 1. The number of β-lactam (4-membered cyclic amide) rings is 1. The summed E-state index contributed by atoms with van der Waals surface area (Å²) in [6.45, 7) is 3.28. The van der Waals surface area contributed by atoms with Gasteiger partial charge in [-0.3, -0.25) is 19.6 Å². The number of oxime groups is 1. The fourth-order valence-electron chi connectivity index (χ4n) is 3.75. The van der Waals surface area contributed by atoms with Gasteiger partial charge < -0.3 is 36.8 Å². The number of aryl methyl sites for hydroxylation is 1. The third-order valence-corrected chi connectivity index (χ3v) is 7.92. The Labute approximate surface area is 244 Å². The number of nitrogens with zero attached hydrogens (tertiary/aromatic N) is 3. The molecule has 1 saturated heterocycles. The molecule has 0 aliphatic carbocycles. The van der Waals surface area contributed by atoms with E-state index in [0.717, 1.165) is 11.3 Å². The predicted molar refractivity (Wildman–Crippen MR) is 151 cm³/mol. The number of hydrogen-bond acceptors (Lipinski definition) is 13. The number of amides is 2. The zero-order chi connectivity index (χ0) is 31.2. The minimum absolute atomic E-state index is 0.0186. The summed E-state index contributed by atoms with van der Waals surface area (Å²) in [4.78, 5) is 47.1. The Morgan fingerprint density at radius 2 is 1.98 bits per heavy atom. The van der Waals surface area contributed by atoms with Gasteiger partial charge in [0.1, 0.15) is 29.9 Å². The van der Waals surface area contributed by atoms with Gasteiger partial charge in [0.05, 0.1) is 6.04 Å². The van der Waals surface area contributed by atoms with E-state index in [1.54, 1.807) is 19.1 Å². The highest BCUT2D eigenvalue weighted by Gasteiger charge is 2.51. The van der Waals surface area contributed by atoms with Crippen molar-refractivity contribution in [3.63, 3.8) is 0 Å². The molecule has 17 nitrogen and oxygen atoms in total. The molecule has 0 saturated carbocycles. The Hall–Kier alpha value is -4.33. The minimum Gasteiger partial charge on any atom is -0.489 e. The number of aliphatic carboxylic acids is 1. The average Bonchev–Trinajstić information content (AvgIpc) is 3.31. The topological polar surface area (TPSA) is 273 Å². The first-order valence-corrected chi connectivity index (χ1v) is 14.6. The number of ether oxygens (including phenoxy) is 1. The number of amidine groups is 1. The van der Waals surface area contributed by atoms with Crippen LogP contribution in [0.4, 0.5) is 5.13 Å². The number of nitrogen functional groups attached to an aromatic ring is 1. The Balaban J connectivity index is 1.78. The maximum Gasteiger partial charge on any atom is 0.362 e. The second-order valence-corrected chi connectivity index (χ2v) is 11.2. The highest BCUT2D eigenvalue weighted by Crippen LogP contribution is 2.25. The van der Waals surface area contributed by atoms with Crippen molar-refractivity contribution in [3.05, 3.63) is 40.4 Å². The molecule has 3 atom stereocenters. The van der Waals surface area contributed by atoms with Gasteiger partial charge in [0, 0.05) is 23.5 Å². The fraction of sp³-hybridized carbons (Fsp3) is 0.391. The lowest BCUT2D eigenvalue weighted by atomic mass is 10.0. The van der Waals surface area contributed by atoms with E-state index in [2.05, 4.69) is 20.8 Å². The van der Waals surface area contributed by atoms with Crippen molar-refractivity contribution in [3.8, 4) is 5.75 Å². The van der Waals surface area contributed by atoms with Crippen molar-refractivity contribution in [1.29, 1.82) is 5.41 Å². The van der Waals surface area contributed by atoms with Crippen LogP contribution in [0.3, 0.4) is 0 Å². The molecule has 1 fully saturated rings. The Morgan fingerprint density at radius 1 is 1.31 bits per heavy atom. The van der Waals surface area contributed by atoms with Gasteiger partial charge >= 0.3 is 16.3 Å². The van der Waals surface area contributed by atoms with Crippen LogP contribution in [0.2, 0.25) is 0 Å². The second kappa shape index (κ2) is 13.6. The monoisotopic (exact) mass is 626 g/mol. The largest absolute Gasteiger partial charge is 0.489 e. The van der Waals surface area contributed by atoms with E-state index in [1.807, 2.05) is 0 Å². The van der Waals surface area contributed by atoms with Crippen molar-refractivity contribution >= 4 is 56.1 Å². The van der Waals surface area contributed by atoms with Crippen LogP contribution in [0.5, 0.6) is 5.75 Å². The van der Waals surface area contributed by atoms with Crippen LogP contribution in [-0.4, -0.2) is 94.6 Å². The molecule has 0 spiro atoms. The Bertz CT molecular complexity index is 1480. The third kappa shape index (κ3) is 7.49. The van der Waals surface area contributed by atoms with Gasteiger partial charge in [0.2, 0.25) is 0 Å². The van der Waals surface area contributed by atoms with Crippen LogP contribution < -0.4 is 26.8 Å². The van der Waals surface area contributed by atoms with Crippen molar-refractivity contribution < 1.29 is 42.0 Å². The molecule has 228 valence electrons. The van der Waals surface area contributed by atoms with E-state index in [1.165, 1.54) is 19.1 Å². The summed E-state index contributed by atoms with van der Waals surface area (Å²) in [5.41, 5.74) is 11.2. The number of aromatic nitrogens is 1. The summed E-state index contributed by atoms with van der Waals surface area (Å²) < 4.78 is 37.7. The zero-order valence-electron chi connectivity index (χ0n) is 22.4. The molecule has 3 rings (SSSR count). The van der Waals surface area contributed by atoms with Crippen LogP contribution in [-0.2, 0) is 35.9 Å². The first-order chi connectivity index (χ1) is 19.8. The summed E-state index contributed by atoms with van der Waals surface area (Å²) in [7, 11) is -4.83. The fourth-order valence-corrected chi connectivity index (χ4v) is 5.41. The van der Waals surface area contributed by atoms with Crippen molar-refractivity contribution in [2.24, 2.45) is 10.9 Å². The number of benzene rings is 1. The van der Waals surface area contributed by atoms with E-state index in [4.69, 9.17) is 26.5 Å². The number of rotatable bonds is 14. The van der Waals surface area contributed by atoms with Crippen molar-refractivity contribution in [2.45, 2.75) is 38.5 Å². The summed E-state index contributed by atoms with van der Waals surface area (Å²) in [5, 5.41) is 26.6. The first-order valence-electron chi connectivity index (χ1n) is 12.4. The molecule has 9 N–H and O–H groups in total. The highest BCUT2D eigenvalue weighted by atomic mass is 32.2. The average molecular weight is 627 g/mol. The lowest BCUT2D eigenvalue weighted by Gasteiger charge is -2.42. The molecule has 19 heteroatoms. The van der Waals surface area contributed by atoms with Gasteiger partial charge in [-0.1, -0.05) is 12.1 Å². The number of hydrogen-bond donors (Lipinski definition) is 7. The van der Waals surface area contributed by atoms with Crippen LogP contribution in [0.25, 0.3) is 0 Å². The van der Waals surface area contributed by atoms with Crippen LogP contribution in [0, 0.1) is 5.41 Å². The maximum atomic E-state index is 13.2. The number of carbonyl (C=O) groups is 3. The maximum absolute atomic E-state index is 13.2. The van der Waals surface area contributed by atoms with E-state index in [0.29, 0.717) is 30.0 Å². The molecule has 2 aromatic rings. The van der Waals surface area contributed by atoms with Gasteiger partial charge in [0.25, 0.3) is 17.9 Å². The lowest BCUT2D eigenvalue weighted by Crippen LogP contribution is -2.71. The zero-order valence-corrected chi connectivity index (χ0v) is 24.1. The van der Waals surface area contributed by atoms with Gasteiger partial charge in [-0.25, -0.2) is 14.1 Å². The minimum atomic E-state index is -4.83. The van der Waals surface area contributed by atoms with E-state index in [-0.39, 0.29) is 26.7 Å². The number of nitrogens with two attached hydrogens (primary N) is 2. The molecular weight excluding hydrogens is 596 g/mol. The van der Waals surface area contributed by atoms with Gasteiger partial charge in [0.15, 0.2) is 10.8 Å². The molecule has 2 amide bonds. The van der Waals surface area contributed by atoms with Crippen LogP contribution in [0.1, 0.15) is 30.0 Å². The van der Waals surface area contributed by atoms with Gasteiger partial charge in [-0.15, -0.1) is 11.3 Å². The standard InChI is InChI=1S/C23H30N8O9S2/c1-3-15-17(29-23(26)41-15)18(20(32)28-16-11(2)31(21(16)33)42(36,37)38)30-40-14(22(34)35)10-39-13-6-4-12(5-7-13)19(25)27-9-8-24/h4-7,11,14,16H,3,8-10,24H2,1-2H3,(H2,25,27)(H2,26,29)(H,28,32)(H,34,35)(H,36,37,38)/t11-,14?,16-/m0/s1. The normalized spacial score (nSPS) is 17.7. The number of nitrogens with one attached hydrogen (secondary N) is 3. The van der Waals surface area contributed by atoms with E-state index in [9.17, 15) is 32.5 Å². The molecule has 42 heavy (non-hydrogen) atoms. The number of carboxylic acid groups (broad SMARTS) is 1. The highest BCUT2D eigenvalue weighted by molar-refractivity contribution is 7.84. The van der Waals surface area contributed by atoms with E-state index >= 15 is 0 Å². The Morgan fingerprint density at radius 3 is 2.52 bits per heavy atom. The number of carbonyl (C=O) groups excluding carboxylic acids is 2. The van der Waals surface area contributed by atoms with Crippen molar-refractivity contribution in [1.82, 2.24) is 19.9 Å². The molecule has 1 aliphatic rings. The van der Waals surface area contributed by atoms with Gasteiger partial charge in [-0.2, -0.15) is 8.42 Å². The molecule has 1 unspecified atom stereocenters. The molecule has 0 radical (unpaired) electrons. The van der Waals surface area contributed by atoms with Crippen LogP contribution in [0.15, 0.2) is 29.4 Å². The van der Waals surface area contributed by atoms with Gasteiger partial charge in [-0.05, 0) is 37.6 Å². The SMILES string of the molecule is CCc1sc(N)nc1C(=NOC(COc1ccc(C(=N)NCCN)cc1)C(=O)O)C(=O)N[C@@H]1C(=O)N(S(=O)(=O)O)[C@H]1C. The smallest absolute Gasteiger partial charge is 0.362 e. The number of thiazole rings is 1. The molecule has 1 aromatic carbocycles. The molecule has 1 aromatic heterocycles. The lowest BCUT2D eigenvalue weighted by molar-refractivity contribution is -0.152. The van der Waals surface area contributed by atoms with Crippen LogP contribution >= 0.6 is 11.3 Å². The first kappa shape index (κ1) is 32.2. The van der Waals surface area contributed by atoms with Crippen molar-refractivity contribution in [2.75, 3.05) is 25.4 Å². The summed E-state index contributed by atoms with van der Waals surface area (Å²) in [6, 6.07) is 3.77. The Kier molecular flexibility index (Phi) is 10.4. The summed E-state index contributed by atoms with van der Waals surface area (Å²) in [5.74, 6) is -3.16. The molecule has 2 heterocycles. The molecule has 1 aliphatic heterocycles. The second-order valence-electron chi connectivity index (χ2n) is 8.78. The van der Waals surface area contributed by atoms with E-state index < -0.39 is 58.6 Å². The summed E-state index contributed by atoms with van der Waals surface area (Å²) >= 11 is 1.05. The third-order valence-electron chi connectivity index (χ3n) is 5.88.